The van der Waals surface area contributed by atoms with Crippen LogP contribution in [-0.2, 0) is 4.79 Å². The van der Waals surface area contributed by atoms with Crippen molar-refractivity contribution in [2.75, 3.05) is 63.8 Å². The molecule has 0 spiro atoms. The number of benzene rings is 1. The second kappa shape index (κ2) is 8.83. The molecule has 5 nitrogen and oxygen atoms in total. The first-order valence-corrected chi connectivity index (χ1v) is 11.2. The lowest BCUT2D eigenvalue weighted by Gasteiger charge is -2.40. The van der Waals surface area contributed by atoms with Gasteiger partial charge in [-0.3, -0.25) is 14.6 Å². The van der Waals surface area contributed by atoms with Gasteiger partial charge in [-0.2, -0.15) is 0 Å². The molecule has 1 aromatic rings. The fourth-order valence-corrected chi connectivity index (χ4v) is 5.12. The van der Waals surface area contributed by atoms with Gasteiger partial charge in [-0.15, -0.1) is 0 Å². The number of amides is 1. The highest BCUT2D eigenvalue weighted by Crippen LogP contribution is 2.25. The highest BCUT2D eigenvalue weighted by molar-refractivity contribution is 5.78. The van der Waals surface area contributed by atoms with Crippen LogP contribution in [-0.4, -0.2) is 85.6 Å². The monoisotopic (exact) mass is 384 g/mol. The molecule has 0 N–H and O–H groups in total. The van der Waals surface area contributed by atoms with Crippen LogP contribution in [0.5, 0.6) is 0 Å². The molecular formula is C23H36N4O. The molecule has 154 valence electrons. The number of rotatable bonds is 4. The second-order valence-electron chi connectivity index (χ2n) is 8.84. The van der Waals surface area contributed by atoms with Gasteiger partial charge in [0.25, 0.3) is 0 Å². The van der Waals surface area contributed by atoms with E-state index in [0.29, 0.717) is 12.5 Å². The Morgan fingerprint density at radius 3 is 2.29 bits per heavy atom. The molecule has 0 atom stereocenters. The molecule has 1 aromatic carbocycles. The van der Waals surface area contributed by atoms with Gasteiger partial charge in [0.15, 0.2) is 0 Å². The predicted molar refractivity (Wildman–Crippen MR) is 115 cm³/mol. The average Bonchev–Trinajstić information content (AvgIpc) is 3.26. The summed E-state index contributed by atoms with van der Waals surface area (Å²) in [7, 11) is 0. The molecule has 2 saturated heterocycles. The Hall–Kier alpha value is -1.59. The summed E-state index contributed by atoms with van der Waals surface area (Å²) in [6.45, 7) is 12.9. The van der Waals surface area contributed by atoms with Crippen LogP contribution in [0.3, 0.4) is 0 Å². The normalized spacial score (nSPS) is 22.8. The number of nitrogens with zero attached hydrogens (tertiary/aromatic N) is 4. The van der Waals surface area contributed by atoms with E-state index >= 15 is 0 Å². The lowest BCUT2D eigenvalue weighted by Crippen LogP contribution is -2.55. The van der Waals surface area contributed by atoms with Crippen molar-refractivity contribution in [1.29, 1.82) is 0 Å². The van der Waals surface area contributed by atoms with E-state index in [0.717, 1.165) is 58.4 Å². The summed E-state index contributed by atoms with van der Waals surface area (Å²) in [5.74, 6) is 0.325. The second-order valence-corrected chi connectivity index (χ2v) is 8.84. The summed E-state index contributed by atoms with van der Waals surface area (Å²) in [4.78, 5) is 22.3. The molecule has 2 aliphatic heterocycles. The van der Waals surface area contributed by atoms with E-state index in [1.807, 2.05) is 0 Å². The van der Waals surface area contributed by atoms with Gasteiger partial charge in [0.05, 0.1) is 6.54 Å². The first kappa shape index (κ1) is 19.7. The maximum absolute atomic E-state index is 12.8. The van der Waals surface area contributed by atoms with Gasteiger partial charge >= 0.3 is 0 Å². The number of carbonyl (C=O) groups is 1. The zero-order valence-electron chi connectivity index (χ0n) is 17.7. The molecule has 0 aromatic heterocycles. The predicted octanol–water partition coefficient (Wildman–Crippen LogP) is 2.51. The minimum Gasteiger partial charge on any atom is -0.369 e. The summed E-state index contributed by atoms with van der Waals surface area (Å²) in [5, 5.41) is 0. The summed E-state index contributed by atoms with van der Waals surface area (Å²) < 4.78 is 0. The Balaban J connectivity index is 1.22. The minimum atomic E-state index is 0.325. The van der Waals surface area contributed by atoms with Gasteiger partial charge < -0.3 is 9.80 Å². The average molecular weight is 385 g/mol. The highest BCUT2D eigenvalue weighted by atomic mass is 16.2. The Morgan fingerprint density at radius 1 is 0.929 bits per heavy atom. The van der Waals surface area contributed by atoms with Crippen molar-refractivity contribution in [3.63, 3.8) is 0 Å². The third-order valence-corrected chi connectivity index (χ3v) is 7.16. The van der Waals surface area contributed by atoms with Crippen LogP contribution in [0.25, 0.3) is 0 Å². The summed E-state index contributed by atoms with van der Waals surface area (Å²) in [5.41, 5.74) is 4.09. The molecule has 2 heterocycles. The zero-order chi connectivity index (χ0) is 19.5. The molecule has 5 heteroatoms. The van der Waals surface area contributed by atoms with Crippen LogP contribution < -0.4 is 4.90 Å². The molecule has 4 rings (SSSR count). The van der Waals surface area contributed by atoms with Crippen molar-refractivity contribution in [2.45, 2.75) is 45.6 Å². The molecule has 1 aliphatic carbocycles. The zero-order valence-corrected chi connectivity index (χ0v) is 17.7. The third-order valence-electron chi connectivity index (χ3n) is 7.16. The van der Waals surface area contributed by atoms with Crippen LogP contribution in [0.15, 0.2) is 18.2 Å². The van der Waals surface area contributed by atoms with Crippen molar-refractivity contribution in [2.24, 2.45) is 0 Å². The Kier molecular flexibility index (Phi) is 6.22. The molecule has 28 heavy (non-hydrogen) atoms. The van der Waals surface area contributed by atoms with Crippen molar-refractivity contribution in [3.05, 3.63) is 29.3 Å². The van der Waals surface area contributed by atoms with Crippen LogP contribution in [0.4, 0.5) is 5.69 Å². The van der Waals surface area contributed by atoms with Gasteiger partial charge in [0, 0.05) is 64.1 Å². The summed E-state index contributed by atoms with van der Waals surface area (Å²) >= 11 is 0. The summed E-state index contributed by atoms with van der Waals surface area (Å²) in [6.07, 6.45) is 5.49. The number of hydrogen-bond acceptors (Lipinski definition) is 4. The van der Waals surface area contributed by atoms with E-state index in [2.05, 4.69) is 51.6 Å². The number of piperazine rings is 2. The molecule has 0 radical (unpaired) electrons. The van der Waals surface area contributed by atoms with Crippen molar-refractivity contribution < 1.29 is 4.79 Å². The summed E-state index contributed by atoms with van der Waals surface area (Å²) in [6, 6.07) is 7.35. The van der Waals surface area contributed by atoms with E-state index in [4.69, 9.17) is 0 Å². The molecule has 3 fully saturated rings. The largest absolute Gasteiger partial charge is 0.369 e. The lowest BCUT2D eigenvalue weighted by atomic mass is 10.1. The Bertz CT molecular complexity index is 669. The van der Waals surface area contributed by atoms with Crippen LogP contribution in [0.2, 0.25) is 0 Å². The molecule has 1 saturated carbocycles. The van der Waals surface area contributed by atoms with Gasteiger partial charge in [-0.1, -0.05) is 25.0 Å². The smallest absolute Gasteiger partial charge is 0.236 e. The number of hydrogen-bond donors (Lipinski definition) is 0. The van der Waals surface area contributed by atoms with E-state index in [-0.39, 0.29) is 0 Å². The van der Waals surface area contributed by atoms with Crippen LogP contribution >= 0.6 is 0 Å². The maximum Gasteiger partial charge on any atom is 0.236 e. The fraction of sp³-hybridized carbons (Fsp3) is 0.696. The van der Waals surface area contributed by atoms with E-state index in [1.165, 1.54) is 42.5 Å². The molecule has 0 unspecified atom stereocenters. The van der Waals surface area contributed by atoms with E-state index in [9.17, 15) is 4.79 Å². The van der Waals surface area contributed by atoms with E-state index < -0.39 is 0 Å². The minimum absolute atomic E-state index is 0.325. The third kappa shape index (κ3) is 4.36. The van der Waals surface area contributed by atoms with Gasteiger partial charge in [-0.05, 0) is 43.9 Å². The van der Waals surface area contributed by atoms with Crippen LogP contribution in [0, 0.1) is 13.8 Å². The van der Waals surface area contributed by atoms with E-state index in [1.54, 1.807) is 0 Å². The molecule has 1 amide bonds. The Labute approximate surface area is 170 Å². The van der Waals surface area contributed by atoms with Gasteiger partial charge in [0.2, 0.25) is 5.91 Å². The van der Waals surface area contributed by atoms with Crippen molar-refractivity contribution >= 4 is 11.6 Å². The lowest BCUT2D eigenvalue weighted by molar-refractivity contribution is -0.134. The SMILES string of the molecule is Cc1cccc(N2CCN(CC(=O)N3CCN(C4CCCC4)CC3)CC2)c1C. The van der Waals surface area contributed by atoms with Crippen molar-refractivity contribution in [3.8, 4) is 0 Å². The molecule has 0 bridgehead atoms. The van der Waals surface area contributed by atoms with Gasteiger partial charge in [-0.25, -0.2) is 0 Å². The quantitative estimate of drug-likeness (QED) is 0.798. The first-order valence-electron chi connectivity index (χ1n) is 11.2. The number of anilines is 1. The number of aryl methyl sites for hydroxylation is 1. The van der Waals surface area contributed by atoms with Crippen LogP contribution in [0.1, 0.15) is 36.8 Å². The highest BCUT2D eigenvalue weighted by Gasteiger charge is 2.29. The Morgan fingerprint density at radius 2 is 1.61 bits per heavy atom. The number of carbonyl (C=O) groups excluding carboxylic acids is 1. The first-order chi connectivity index (χ1) is 13.6. The maximum atomic E-state index is 12.8. The standard InChI is InChI=1S/C23H36N4O/c1-19-6-5-9-22(20(19)2)26-12-10-24(11-13-26)18-23(28)27-16-14-25(15-17-27)21-7-3-4-8-21/h5-6,9,21H,3-4,7-8,10-18H2,1-2H3. The molecular weight excluding hydrogens is 348 g/mol. The van der Waals surface area contributed by atoms with Crippen molar-refractivity contribution in [1.82, 2.24) is 14.7 Å². The fourth-order valence-electron chi connectivity index (χ4n) is 5.12. The topological polar surface area (TPSA) is 30.0 Å². The molecule has 3 aliphatic rings. The van der Waals surface area contributed by atoms with Gasteiger partial charge in [0.1, 0.15) is 0 Å².